The predicted molar refractivity (Wildman–Crippen MR) is 122 cm³/mol. The van der Waals surface area contributed by atoms with E-state index >= 15 is 0 Å². The van der Waals surface area contributed by atoms with Gasteiger partial charge in [-0.3, -0.25) is 4.79 Å². The number of Topliss-reactive ketones (excluding diaryl/α,β-unsaturated/α-hetero) is 1. The maximum atomic E-state index is 13.3. The fraction of sp³-hybridized carbons (Fsp3) is 0.320. The number of nitrogens with zero attached hydrogens (tertiary/aromatic N) is 3. The lowest BCUT2D eigenvalue weighted by Crippen LogP contribution is -2.36. The number of allylic oxidation sites excluding steroid dienone is 2. The van der Waals surface area contributed by atoms with Crippen molar-refractivity contribution >= 4 is 11.7 Å². The molecule has 32 heavy (non-hydrogen) atoms. The summed E-state index contributed by atoms with van der Waals surface area (Å²) in [5.74, 6) is 2.81. The molecule has 7 nitrogen and oxygen atoms in total. The number of benzene rings is 2. The van der Waals surface area contributed by atoms with E-state index in [0.29, 0.717) is 18.2 Å². The monoisotopic (exact) mass is 430 g/mol. The largest absolute Gasteiger partial charge is 0.497 e. The van der Waals surface area contributed by atoms with Crippen LogP contribution in [0.2, 0.25) is 0 Å². The standard InChI is InChI=1S/C25H26N4O3/c1-25(2)13-19-21(20(30)14-25)22(15-7-5-9-17(11-15)31-3)29-24(26-19)27-23(28-29)16-8-6-10-18(12-16)32-4/h5-12,22H,13-14H2,1-4H3,(H,26,27,28). The third-order valence-electron chi connectivity index (χ3n) is 6.07. The minimum atomic E-state index is -0.369. The molecule has 1 unspecified atom stereocenters. The van der Waals surface area contributed by atoms with Crippen molar-refractivity contribution in [1.82, 2.24) is 14.8 Å². The first-order valence-corrected chi connectivity index (χ1v) is 10.7. The van der Waals surface area contributed by atoms with E-state index in [-0.39, 0.29) is 17.2 Å². The van der Waals surface area contributed by atoms with Gasteiger partial charge in [-0.15, -0.1) is 5.10 Å². The van der Waals surface area contributed by atoms with Crippen LogP contribution >= 0.6 is 0 Å². The molecule has 164 valence electrons. The number of carbonyl (C=O) groups is 1. The number of ether oxygens (including phenoxy) is 2. The summed E-state index contributed by atoms with van der Waals surface area (Å²) in [6.07, 6.45) is 1.27. The molecule has 2 heterocycles. The molecule has 0 bridgehead atoms. The lowest BCUT2D eigenvalue weighted by atomic mass is 9.73. The molecule has 1 aliphatic carbocycles. The highest BCUT2D eigenvalue weighted by Gasteiger charge is 2.42. The molecule has 0 fully saturated rings. The molecule has 0 amide bonds. The molecule has 7 heteroatoms. The van der Waals surface area contributed by atoms with Gasteiger partial charge in [-0.1, -0.05) is 38.1 Å². The zero-order chi connectivity index (χ0) is 22.5. The Morgan fingerprint density at radius 1 is 1.03 bits per heavy atom. The van der Waals surface area contributed by atoms with E-state index in [0.717, 1.165) is 40.3 Å². The van der Waals surface area contributed by atoms with Crippen LogP contribution in [0.4, 0.5) is 5.95 Å². The SMILES string of the molecule is COc1cccc(-c2nc3n(n2)C(c2cccc(OC)c2)C2=C(CC(C)(C)CC2=O)N3)c1. The van der Waals surface area contributed by atoms with Gasteiger partial charge in [-0.25, -0.2) is 4.68 Å². The summed E-state index contributed by atoms with van der Waals surface area (Å²) >= 11 is 0. The molecule has 1 N–H and O–H groups in total. The van der Waals surface area contributed by atoms with Gasteiger partial charge < -0.3 is 14.8 Å². The van der Waals surface area contributed by atoms with Crippen LogP contribution in [0.15, 0.2) is 59.8 Å². The van der Waals surface area contributed by atoms with Crippen molar-refractivity contribution in [1.29, 1.82) is 0 Å². The Bertz CT molecular complexity index is 1240. The topological polar surface area (TPSA) is 78.3 Å². The average Bonchev–Trinajstić information content (AvgIpc) is 3.20. The Balaban J connectivity index is 1.68. The van der Waals surface area contributed by atoms with E-state index in [1.165, 1.54) is 0 Å². The molecule has 0 saturated heterocycles. The van der Waals surface area contributed by atoms with Crippen LogP contribution in [0.5, 0.6) is 11.5 Å². The summed E-state index contributed by atoms with van der Waals surface area (Å²) < 4.78 is 12.6. The highest BCUT2D eigenvalue weighted by molar-refractivity contribution is 6.00. The Morgan fingerprint density at radius 3 is 2.50 bits per heavy atom. The number of anilines is 1. The Kier molecular flexibility index (Phi) is 4.77. The molecule has 0 radical (unpaired) electrons. The first-order chi connectivity index (χ1) is 15.4. The van der Waals surface area contributed by atoms with E-state index in [2.05, 4.69) is 19.2 Å². The van der Waals surface area contributed by atoms with Crippen molar-refractivity contribution in [2.24, 2.45) is 5.41 Å². The van der Waals surface area contributed by atoms with E-state index in [1.807, 2.05) is 53.2 Å². The third kappa shape index (κ3) is 3.43. The fourth-order valence-corrected chi connectivity index (χ4v) is 4.61. The van der Waals surface area contributed by atoms with Crippen LogP contribution in [-0.4, -0.2) is 34.8 Å². The number of carbonyl (C=O) groups excluding carboxylic acids is 1. The molecule has 3 aromatic rings. The van der Waals surface area contributed by atoms with Gasteiger partial charge in [0, 0.05) is 23.3 Å². The van der Waals surface area contributed by atoms with E-state index < -0.39 is 0 Å². The summed E-state index contributed by atoms with van der Waals surface area (Å²) in [6, 6.07) is 15.1. The molecular formula is C25H26N4O3. The van der Waals surface area contributed by atoms with Crippen molar-refractivity contribution in [2.75, 3.05) is 19.5 Å². The highest BCUT2D eigenvalue weighted by atomic mass is 16.5. The van der Waals surface area contributed by atoms with Crippen molar-refractivity contribution in [3.63, 3.8) is 0 Å². The van der Waals surface area contributed by atoms with Crippen LogP contribution < -0.4 is 14.8 Å². The number of ketones is 1. The molecule has 2 aliphatic rings. The number of nitrogens with one attached hydrogen (secondary N) is 1. The second kappa shape index (κ2) is 7.51. The minimum Gasteiger partial charge on any atom is -0.497 e. The molecule has 1 atom stereocenters. The van der Waals surface area contributed by atoms with E-state index in [1.54, 1.807) is 14.2 Å². The van der Waals surface area contributed by atoms with Crippen molar-refractivity contribution < 1.29 is 14.3 Å². The smallest absolute Gasteiger partial charge is 0.226 e. The number of aromatic nitrogens is 3. The minimum absolute atomic E-state index is 0.111. The highest BCUT2D eigenvalue weighted by Crippen LogP contribution is 2.46. The van der Waals surface area contributed by atoms with Gasteiger partial charge in [-0.05, 0) is 41.7 Å². The molecule has 0 spiro atoms. The van der Waals surface area contributed by atoms with E-state index in [9.17, 15) is 4.79 Å². The molecule has 0 saturated carbocycles. The second-order valence-electron chi connectivity index (χ2n) is 9.07. The lowest BCUT2D eigenvalue weighted by Gasteiger charge is -2.38. The quantitative estimate of drug-likeness (QED) is 0.651. The van der Waals surface area contributed by atoms with Crippen LogP contribution in [-0.2, 0) is 4.79 Å². The second-order valence-corrected chi connectivity index (χ2v) is 9.07. The number of fused-ring (bicyclic) bond motifs is 1. The van der Waals surface area contributed by atoms with Gasteiger partial charge in [-0.2, -0.15) is 4.98 Å². The normalized spacial score (nSPS) is 19.1. The molecular weight excluding hydrogens is 404 g/mol. The van der Waals surface area contributed by atoms with Crippen LogP contribution in [0.3, 0.4) is 0 Å². The maximum absolute atomic E-state index is 13.3. The Labute approximate surface area is 187 Å². The molecule has 1 aliphatic heterocycles. The lowest BCUT2D eigenvalue weighted by molar-refractivity contribution is -0.118. The summed E-state index contributed by atoms with van der Waals surface area (Å²) in [5, 5.41) is 8.25. The zero-order valence-corrected chi connectivity index (χ0v) is 18.7. The zero-order valence-electron chi connectivity index (χ0n) is 18.7. The molecule has 2 aromatic carbocycles. The van der Waals surface area contributed by atoms with Gasteiger partial charge in [0.05, 0.1) is 14.2 Å². The van der Waals surface area contributed by atoms with Crippen LogP contribution in [0, 0.1) is 5.41 Å². The third-order valence-corrected chi connectivity index (χ3v) is 6.07. The summed E-state index contributed by atoms with van der Waals surface area (Å²) in [4.78, 5) is 18.1. The fourth-order valence-electron chi connectivity index (χ4n) is 4.61. The van der Waals surface area contributed by atoms with Crippen molar-refractivity contribution in [3.8, 4) is 22.9 Å². The molecule has 5 rings (SSSR count). The van der Waals surface area contributed by atoms with Gasteiger partial charge in [0.15, 0.2) is 11.6 Å². The van der Waals surface area contributed by atoms with E-state index in [4.69, 9.17) is 19.6 Å². The van der Waals surface area contributed by atoms with Gasteiger partial charge in [0.2, 0.25) is 5.95 Å². The van der Waals surface area contributed by atoms with Crippen molar-refractivity contribution in [3.05, 3.63) is 65.4 Å². The first-order valence-electron chi connectivity index (χ1n) is 10.7. The Morgan fingerprint density at radius 2 is 1.75 bits per heavy atom. The van der Waals surface area contributed by atoms with Gasteiger partial charge in [0.25, 0.3) is 0 Å². The van der Waals surface area contributed by atoms with Gasteiger partial charge in [0.1, 0.15) is 17.5 Å². The maximum Gasteiger partial charge on any atom is 0.226 e. The summed E-state index contributed by atoms with van der Waals surface area (Å²) in [6.45, 7) is 4.25. The number of hydrogen-bond acceptors (Lipinski definition) is 6. The van der Waals surface area contributed by atoms with Crippen LogP contribution in [0.1, 0.15) is 38.3 Å². The number of hydrogen-bond donors (Lipinski definition) is 1. The average molecular weight is 431 g/mol. The first kappa shape index (κ1) is 20.3. The van der Waals surface area contributed by atoms with Crippen LogP contribution in [0.25, 0.3) is 11.4 Å². The molecule has 1 aromatic heterocycles. The Hall–Kier alpha value is -3.61. The summed E-state index contributed by atoms with van der Waals surface area (Å²) in [7, 11) is 3.28. The predicted octanol–water partition coefficient (Wildman–Crippen LogP) is 4.62. The number of methoxy groups -OCH3 is 2. The van der Waals surface area contributed by atoms with Gasteiger partial charge >= 0.3 is 0 Å². The summed E-state index contributed by atoms with van der Waals surface area (Å²) in [5.41, 5.74) is 3.36. The van der Waals surface area contributed by atoms with Crippen molar-refractivity contribution in [2.45, 2.75) is 32.7 Å². The number of rotatable bonds is 4.